The van der Waals surface area contributed by atoms with Crippen LogP contribution < -0.4 is 10.2 Å². The molecule has 32 heavy (non-hydrogen) atoms. The standard InChI is InChI=1S/C24H19N5O2S/c1-15-2-4-16(5-3-15)23(31)29-11-8-18-12-17(6-7-21(18)29)20-14-32-24(27-20)28-22(30)19-13-25-9-10-26-19/h2-7,9-10,12-14H,8,11H2,1H3,(H,27,28,30). The first kappa shape index (κ1) is 20.0. The van der Waals surface area contributed by atoms with Crippen molar-refractivity contribution in [2.45, 2.75) is 13.3 Å². The fourth-order valence-corrected chi connectivity index (χ4v) is 4.38. The average Bonchev–Trinajstić information content (AvgIpc) is 3.46. The average molecular weight is 442 g/mol. The molecule has 5 rings (SSSR count). The Morgan fingerprint density at radius 3 is 2.72 bits per heavy atom. The maximum atomic E-state index is 13.0. The van der Waals surface area contributed by atoms with Gasteiger partial charge in [0.25, 0.3) is 11.8 Å². The smallest absolute Gasteiger partial charge is 0.277 e. The van der Waals surface area contributed by atoms with Crippen molar-refractivity contribution < 1.29 is 9.59 Å². The molecule has 0 radical (unpaired) electrons. The molecule has 0 fully saturated rings. The molecule has 0 spiro atoms. The molecule has 1 aliphatic rings. The van der Waals surface area contributed by atoms with Gasteiger partial charge in [-0.05, 0) is 43.2 Å². The number of aryl methyl sites for hydroxylation is 1. The second-order valence-corrected chi connectivity index (χ2v) is 8.36. The summed E-state index contributed by atoms with van der Waals surface area (Å²) in [5, 5.41) is 5.15. The lowest BCUT2D eigenvalue weighted by Gasteiger charge is -2.17. The molecule has 0 atom stereocenters. The normalized spacial score (nSPS) is 12.5. The zero-order chi connectivity index (χ0) is 22.1. The molecule has 0 unspecified atom stereocenters. The Kier molecular flexibility index (Phi) is 5.20. The first-order chi connectivity index (χ1) is 15.6. The van der Waals surface area contributed by atoms with Crippen molar-refractivity contribution in [2.24, 2.45) is 0 Å². The molecule has 1 aliphatic heterocycles. The molecule has 158 valence electrons. The summed E-state index contributed by atoms with van der Waals surface area (Å²) in [5.74, 6) is -0.336. The number of hydrogen-bond donors (Lipinski definition) is 1. The number of rotatable bonds is 4. The second-order valence-electron chi connectivity index (χ2n) is 7.50. The summed E-state index contributed by atoms with van der Waals surface area (Å²) in [7, 11) is 0. The van der Waals surface area contributed by atoms with E-state index in [9.17, 15) is 9.59 Å². The predicted octanol–water partition coefficient (Wildman–Crippen LogP) is 4.36. The number of hydrogen-bond acceptors (Lipinski definition) is 6. The number of nitrogens with zero attached hydrogens (tertiary/aromatic N) is 4. The van der Waals surface area contributed by atoms with E-state index in [0.717, 1.165) is 34.5 Å². The monoisotopic (exact) mass is 441 g/mol. The molecule has 4 aromatic rings. The van der Waals surface area contributed by atoms with E-state index < -0.39 is 0 Å². The highest BCUT2D eigenvalue weighted by Crippen LogP contribution is 2.34. The van der Waals surface area contributed by atoms with Crippen LogP contribution in [0.25, 0.3) is 11.3 Å². The summed E-state index contributed by atoms with van der Waals surface area (Å²) in [6.07, 6.45) is 5.19. The van der Waals surface area contributed by atoms with Crippen LogP contribution in [0.1, 0.15) is 32.0 Å². The van der Waals surface area contributed by atoms with Crippen molar-refractivity contribution in [3.63, 3.8) is 0 Å². The molecule has 1 N–H and O–H groups in total. The lowest BCUT2D eigenvalue weighted by Crippen LogP contribution is -2.28. The van der Waals surface area contributed by atoms with Gasteiger partial charge in [-0.3, -0.25) is 19.9 Å². The topological polar surface area (TPSA) is 88.1 Å². The molecule has 0 saturated carbocycles. The Morgan fingerprint density at radius 2 is 1.94 bits per heavy atom. The summed E-state index contributed by atoms with van der Waals surface area (Å²) in [6, 6.07) is 13.7. The van der Waals surface area contributed by atoms with E-state index in [1.54, 1.807) is 0 Å². The molecule has 3 heterocycles. The van der Waals surface area contributed by atoms with Crippen LogP contribution in [0.4, 0.5) is 10.8 Å². The van der Waals surface area contributed by atoms with Crippen molar-refractivity contribution >= 4 is 34.0 Å². The minimum absolute atomic E-state index is 0.0131. The molecule has 2 aromatic heterocycles. The van der Waals surface area contributed by atoms with Gasteiger partial charge in [0.1, 0.15) is 5.69 Å². The van der Waals surface area contributed by atoms with Gasteiger partial charge >= 0.3 is 0 Å². The highest BCUT2D eigenvalue weighted by molar-refractivity contribution is 7.14. The fourth-order valence-electron chi connectivity index (χ4n) is 3.67. The second kappa shape index (κ2) is 8.32. The van der Waals surface area contributed by atoms with Crippen molar-refractivity contribution in [2.75, 3.05) is 16.8 Å². The highest BCUT2D eigenvalue weighted by Gasteiger charge is 2.26. The molecular weight excluding hydrogens is 422 g/mol. The van der Waals surface area contributed by atoms with Gasteiger partial charge in [-0.15, -0.1) is 11.3 Å². The van der Waals surface area contributed by atoms with Crippen molar-refractivity contribution in [3.8, 4) is 11.3 Å². The summed E-state index contributed by atoms with van der Waals surface area (Å²) < 4.78 is 0. The molecule has 2 amide bonds. The Labute approximate surface area is 188 Å². The maximum Gasteiger partial charge on any atom is 0.277 e. The van der Waals surface area contributed by atoms with Crippen molar-refractivity contribution in [3.05, 3.63) is 88.8 Å². The number of fused-ring (bicyclic) bond motifs is 1. The Hall–Kier alpha value is -3.91. The van der Waals surface area contributed by atoms with E-state index >= 15 is 0 Å². The van der Waals surface area contributed by atoms with Crippen LogP contribution in [-0.2, 0) is 6.42 Å². The molecule has 7 nitrogen and oxygen atoms in total. The zero-order valence-corrected chi connectivity index (χ0v) is 18.1. The van der Waals surface area contributed by atoms with E-state index in [4.69, 9.17) is 0 Å². The van der Waals surface area contributed by atoms with Gasteiger partial charge in [0.15, 0.2) is 5.13 Å². The van der Waals surface area contributed by atoms with Gasteiger partial charge in [-0.25, -0.2) is 9.97 Å². The molecule has 8 heteroatoms. The minimum atomic E-state index is -0.349. The lowest BCUT2D eigenvalue weighted by molar-refractivity contribution is 0.0987. The van der Waals surface area contributed by atoms with Crippen LogP contribution in [0.15, 0.2) is 66.4 Å². The van der Waals surface area contributed by atoms with E-state index in [-0.39, 0.29) is 17.5 Å². The van der Waals surface area contributed by atoms with Crippen LogP contribution in [0.2, 0.25) is 0 Å². The number of nitrogens with one attached hydrogen (secondary N) is 1. The van der Waals surface area contributed by atoms with Crippen LogP contribution in [-0.4, -0.2) is 33.3 Å². The number of benzene rings is 2. The molecule has 2 aromatic carbocycles. The number of amides is 2. The number of aromatic nitrogens is 3. The Morgan fingerprint density at radius 1 is 1.09 bits per heavy atom. The van der Waals surface area contributed by atoms with Crippen LogP contribution in [0, 0.1) is 6.92 Å². The Balaban J connectivity index is 1.33. The summed E-state index contributed by atoms with van der Waals surface area (Å²) in [4.78, 5) is 39.5. The lowest BCUT2D eigenvalue weighted by atomic mass is 10.1. The SMILES string of the molecule is Cc1ccc(C(=O)N2CCc3cc(-c4csc(NC(=O)c5cnccn5)n4)ccc32)cc1. The van der Waals surface area contributed by atoms with Crippen LogP contribution in [0.5, 0.6) is 0 Å². The predicted molar refractivity (Wildman–Crippen MR) is 124 cm³/mol. The van der Waals surface area contributed by atoms with Crippen LogP contribution in [0.3, 0.4) is 0 Å². The summed E-state index contributed by atoms with van der Waals surface area (Å²) >= 11 is 1.35. The molecule has 0 bridgehead atoms. The van der Waals surface area contributed by atoms with Gasteiger partial charge in [0.05, 0.1) is 11.9 Å². The highest BCUT2D eigenvalue weighted by atomic mass is 32.1. The van der Waals surface area contributed by atoms with E-state index in [1.165, 1.54) is 29.9 Å². The first-order valence-electron chi connectivity index (χ1n) is 10.1. The number of carbonyl (C=O) groups excluding carboxylic acids is 2. The fraction of sp³-hybridized carbons (Fsp3) is 0.125. The van der Waals surface area contributed by atoms with Gasteiger partial charge in [0.2, 0.25) is 0 Å². The summed E-state index contributed by atoms with van der Waals surface area (Å²) in [5.41, 5.74) is 5.83. The third kappa shape index (κ3) is 3.88. The van der Waals surface area contributed by atoms with Gasteiger partial charge in [-0.1, -0.05) is 23.8 Å². The maximum absolute atomic E-state index is 13.0. The van der Waals surface area contributed by atoms with E-state index in [0.29, 0.717) is 17.2 Å². The molecule has 0 aliphatic carbocycles. The third-order valence-electron chi connectivity index (χ3n) is 5.33. The van der Waals surface area contributed by atoms with E-state index in [1.807, 2.05) is 53.6 Å². The van der Waals surface area contributed by atoms with Gasteiger partial charge in [-0.2, -0.15) is 0 Å². The number of thiazole rings is 1. The largest absolute Gasteiger partial charge is 0.308 e. The van der Waals surface area contributed by atoms with Gasteiger partial charge in [0, 0.05) is 41.1 Å². The zero-order valence-electron chi connectivity index (χ0n) is 17.3. The first-order valence-corrected chi connectivity index (χ1v) is 11.0. The molecule has 0 saturated heterocycles. The molecular formula is C24H19N5O2S. The third-order valence-corrected chi connectivity index (χ3v) is 6.09. The number of anilines is 2. The number of carbonyl (C=O) groups is 2. The Bertz CT molecular complexity index is 1300. The summed E-state index contributed by atoms with van der Waals surface area (Å²) in [6.45, 7) is 2.66. The quantitative estimate of drug-likeness (QED) is 0.508. The van der Waals surface area contributed by atoms with Crippen molar-refractivity contribution in [1.82, 2.24) is 15.0 Å². The van der Waals surface area contributed by atoms with Crippen LogP contribution >= 0.6 is 11.3 Å². The van der Waals surface area contributed by atoms with E-state index in [2.05, 4.69) is 26.3 Å². The van der Waals surface area contributed by atoms with Crippen molar-refractivity contribution in [1.29, 1.82) is 0 Å². The minimum Gasteiger partial charge on any atom is -0.308 e. The van der Waals surface area contributed by atoms with Gasteiger partial charge < -0.3 is 4.90 Å².